The molecule has 30 heavy (non-hydrogen) atoms. The highest BCUT2D eigenvalue weighted by Gasteiger charge is 2.40. The summed E-state index contributed by atoms with van der Waals surface area (Å²) < 4.78 is 42.5. The molecule has 0 unspecified atom stereocenters. The van der Waals surface area contributed by atoms with Crippen LogP contribution in [0.2, 0.25) is 0 Å². The summed E-state index contributed by atoms with van der Waals surface area (Å²) in [6.45, 7) is 1.42. The van der Waals surface area contributed by atoms with E-state index in [0.717, 1.165) is 44.6 Å². The van der Waals surface area contributed by atoms with Crippen molar-refractivity contribution in [2.24, 2.45) is 0 Å². The van der Waals surface area contributed by atoms with Crippen molar-refractivity contribution < 1.29 is 18.0 Å². The summed E-state index contributed by atoms with van der Waals surface area (Å²) in [4.78, 5) is 19.6. The number of hydrogen-bond donors (Lipinski definition) is 1. The Morgan fingerprint density at radius 3 is 2.47 bits per heavy atom. The first-order valence-corrected chi connectivity index (χ1v) is 10.7. The molecule has 2 aromatic heterocycles. The van der Waals surface area contributed by atoms with E-state index in [1.807, 2.05) is 0 Å². The summed E-state index contributed by atoms with van der Waals surface area (Å²) >= 11 is 0. The van der Waals surface area contributed by atoms with E-state index in [0.29, 0.717) is 17.8 Å². The van der Waals surface area contributed by atoms with E-state index >= 15 is 0 Å². The lowest BCUT2D eigenvalue weighted by atomic mass is 9.98. The minimum Gasteiger partial charge on any atom is -0.352 e. The minimum atomic E-state index is -4.49. The lowest BCUT2D eigenvalue weighted by Gasteiger charge is -2.36. The topological polar surface area (TPSA) is 63.1 Å². The van der Waals surface area contributed by atoms with E-state index in [-0.39, 0.29) is 41.1 Å². The van der Waals surface area contributed by atoms with Gasteiger partial charge in [-0.05, 0) is 58.6 Å². The number of halogens is 3. The van der Waals surface area contributed by atoms with Gasteiger partial charge in [-0.25, -0.2) is 9.67 Å². The van der Waals surface area contributed by atoms with Crippen molar-refractivity contribution in [1.82, 2.24) is 25.0 Å². The zero-order valence-corrected chi connectivity index (χ0v) is 17.2. The molecule has 2 aromatic rings. The number of nitrogens with one attached hydrogen (secondary N) is 1. The van der Waals surface area contributed by atoms with Crippen LogP contribution in [0.4, 0.5) is 13.2 Å². The summed E-state index contributed by atoms with van der Waals surface area (Å²) in [5.41, 5.74) is 0.147. The van der Waals surface area contributed by atoms with Crippen LogP contribution in [-0.2, 0) is 17.5 Å². The zero-order valence-electron chi connectivity index (χ0n) is 17.2. The molecule has 0 radical (unpaired) electrons. The van der Waals surface area contributed by atoms with Crippen molar-refractivity contribution in [2.45, 2.75) is 82.2 Å². The largest absolute Gasteiger partial charge is 0.417 e. The number of piperidine rings is 1. The maximum Gasteiger partial charge on any atom is 0.417 e. The molecule has 5 rings (SSSR count). The Balaban J connectivity index is 1.40. The third-order valence-corrected chi connectivity index (χ3v) is 6.95. The fraction of sp³-hybridized carbons (Fsp3) is 0.667. The van der Waals surface area contributed by atoms with Crippen LogP contribution in [0.25, 0.3) is 11.0 Å². The number of hydrogen-bond acceptors (Lipinski definition) is 4. The van der Waals surface area contributed by atoms with E-state index in [1.165, 1.54) is 4.68 Å². The number of alkyl halides is 3. The first-order chi connectivity index (χ1) is 14.2. The monoisotopic (exact) mass is 421 g/mol. The molecule has 1 saturated carbocycles. The second-order valence-corrected chi connectivity index (χ2v) is 9.09. The van der Waals surface area contributed by atoms with Gasteiger partial charge < -0.3 is 10.2 Å². The van der Waals surface area contributed by atoms with Gasteiger partial charge in [-0.1, -0.05) is 0 Å². The van der Waals surface area contributed by atoms with Crippen molar-refractivity contribution in [1.29, 1.82) is 0 Å². The number of pyridine rings is 1. The van der Waals surface area contributed by atoms with Crippen molar-refractivity contribution in [3.8, 4) is 0 Å². The minimum absolute atomic E-state index is 0.00274. The summed E-state index contributed by atoms with van der Waals surface area (Å²) in [6.07, 6.45) is 1.36. The highest BCUT2D eigenvalue weighted by atomic mass is 19.4. The number of carbonyl (C=O) groups excluding carboxylic acids is 1. The molecular weight excluding hydrogens is 395 g/mol. The third-order valence-electron chi connectivity index (χ3n) is 6.95. The van der Waals surface area contributed by atoms with E-state index in [2.05, 4.69) is 27.3 Å². The molecule has 162 valence electrons. The van der Waals surface area contributed by atoms with Gasteiger partial charge in [0.15, 0.2) is 5.65 Å². The normalized spacial score (nSPS) is 27.0. The Labute approximate surface area is 172 Å². The van der Waals surface area contributed by atoms with E-state index in [1.54, 1.807) is 6.92 Å². The van der Waals surface area contributed by atoms with Gasteiger partial charge in [0, 0.05) is 29.7 Å². The molecule has 3 fully saturated rings. The number of fused-ring (bicyclic) bond motifs is 3. The van der Waals surface area contributed by atoms with E-state index in [4.69, 9.17) is 0 Å². The summed E-state index contributed by atoms with van der Waals surface area (Å²) in [5, 5.41) is 7.34. The van der Waals surface area contributed by atoms with Crippen LogP contribution < -0.4 is 5.32 Å². The predicted molar refractivity (Wildman–Crippen MR) is 105 cm³/mol. The Bertz CT molecular complexity index is 983. The van der Waals surface area contributed by atoms with Crippen LogP contribution in [0.5, 0.6) is 0 Å². The number of rotatable bonds is 4. The first-order valence-electron chi connectivity index (χ1n) is 10.7. The van der Waals surface area contributed by atoms with Crippen LogP contribution in [-0.4, -0.2) is 50.7 Å². The molecule has 0 aromatic carbocycles. The second-order valence-electron chi connectivity index (χ2n) is 9.09. The molecule has 2 atom stereocenters. The SMILES string of the molecule is Cc1nn(CC(=O)NC2C[C@H]3CC[C@H](C2)N3C)c2nc(C3CC3)cc(C(F)(F)F)c12. The lowest BCUT2D eigenvalue weighted by molar-refractivity contribution is -0.136. The molecule has 2 bridgehead atoms. The smallest absolute Gasteiger partial charge is 0.352 e. The van der Waals surface area contributed by atoms with Gasteiger partial charge in [-0.2, -0.15) is 18.3 Å². The molecule has 1 aliphatic carbocycles. The van der Waals surface area contributed by atoms with Gasteiger partial charge in [-0.15, -0.1) is 0 Å². The van der Waals surface area contributed by atoms with Gasteiger partial charge in [0.2, 0.25) is 5.91 Å². The molecule has 2 aliphatic heterocycles. The quantitative estimate of drug-likeness (QED) is 0.822. The number of nitrogens with zero attached hydrogens (tertiary/aromatic N) is 4. The fourth-order valence-corrected chi connectivity index (χ4v) is 5.23. The van der Waals surface area contributed by atoms with Gasteiger partial charge in [-0.3, -0.25) is 4.79 Å². The highest BCUT2D eigenvalue weighted by Crippen LogP contribution is 2.43. The average molecular weight is 421 g/mol. The van der Waals surface area contributed by atoms with Gasteiger partial charge >= 0.3 is 6.18 Å². The summed E-state index contributed by atoms with van der Waals surface area (Å²) in [6, 6.07) is 2.26. The maximum atomic E-state index is 13.7. The van der Waals surface area contributed by atoms with Crippen LogP contribution in [0.15, 0.2) is 6.07 Å². The molecule has 9 heteroatoms. The van der Waals surface area contributed by atoms with Crippen molar-refractivity contribution in [3.63, 3.8) is 0 Å². The van der Waals surface area contributed by atoms with Crippen LogP contribution in [0.3, 0.4) is 0 Å². The third kappa shape index (κ3) is 3.46. The molecule has 4 heterocycles. The summed E-state index contributed by atoms with van der Waals surface area (Å²) in [7, 11) is 2.14. The van der Waals surface area contributed by atoms with Crippen molar-refractivity contribution in [3.05, 3.63) is 23.0 Å². The van der Waals surface area contributed by atoms with Crippen molar-refractivity contribution >= 4 is 16.9 Å². The predicted octanol–water partition coefficient (Wildman–Crippen LogP) is 3.38. The Morgan fingerprint density at radius 2 is 1.87 bits per heavy atom. The zero-order chi connectivity index (χ0) is 21.2. The van der Waals surface area contributed by atoms with Crippen LogP contribution in [0, 0.1) is 6.92 Å². The molecule has 0 spiro atoms. The lowest BCUT2D eigenvalue weighted by Crippen LogP contribution is -2.49. The van der Waals surface area contributed by atoms with Crippen molar-refractivity contribution in [2.75, 3.05) is 7.05 Å². The second kappa shape index (κ2) is 6.93. The number of aryl methyl sites for hydroxylation is 1. The molecule has 6 nitrogen and oxygen atoms in total. The Kier molecular flexibility index (Phi) is 4.57. The van der Waals surface area contributed by atoms with Gasteiger partial charge in [0.1, 0.15) is 6.54 Å². The number of aromatic nitrogens is 3. The van der Waals surface area contributed by atoms with Crippen LogP contribution >= 0.6 is 0 Å². The molecular formula is C21H26F3N5O. The summed E-state index contributed by atoms with van der Waals surface area (Å²) in [5.74, 6) is -0.150. The maximum absolute atomic E-state index is 13.7. The molecule has 1 amide bonds. The Morgan fingerprint density at radius 1 is 1.20 bits per heavy atom. The van der Waals surface area contributed by atoms with Gasteiger partial charge in [0.05, 0.1) is 16.6 Å². The van der Waals surface area contributed by atoms with Gasteiger partial charge in [0.25, 0.3) is 0 Å². The number of carbonyl (C=O) groups is 1. The molecule has 1 N–H and O–H groups in total. The molecule has 3 aliphatic rings. The van der Waals surface area contributed by atoms with E-state index < -0.39 is 11.7 Å². The van der Waals surface area contributed by atoms with E-state index in [9.17, 15) is 18.0 Å². The number of amides is 1. The standard InChI is InChI=1S/C21H26F3N5O/c1-11-19-16(21(22,23)24)9-17(12-3-4-12)26-20(19)29(27-11)10-18(30)25-13-7-14-5-6-15(8-13)28(14)2/h9,12-15H,3-8,10H2,1-2H3,(H,25,30)/t14-,15-/m1/s1. The molecule has 2 saturated heterocycles. The average Bonchev–Trinajstić information content (AvgIpc) is 3.44. The first kappa shape index (κ1) is 19.8. The Hall–Kier alpha value is -2.16. The van der Waals surface area contributed by atoms with Crippen LogP contribution in [0.1, 0.15) is 61.4 Å². The highest BCUT2D eigenvalue weighted by molar-refractivity contribution is 5.85. The fourth-order valence-electron chi connectivity index (χ4n) is 5.23.